The van der Waals surface area contributed by atoms with Crippen LogP contribution in [0.4, 0.5) is 5.69 Å². The zero-order valence-electron chi connectivity index (χ0n) is 16.8. The molecular weight excluding hydrogens is 392 g/mol. The second-order valence-corrected chi connectivity index (χ2v) is 9.05. The monoisotopic (exact) mass is 420 g/mol. The maximum Gasteiger partial charge on any atom is 0.189 e. The van der Waals surface area contributed by atoms with Crippen molar-refractivity contribution >= 4 is 23.0 Å². The third kappa shape index (κ3) is 3.89. The largest absolute Gasteiger partial charge is 0.354 e. The minimum Gasteiger partial charge on any atom is -0.354 e. The Balaban J connectivity index is 1.31. The van der Waals surface area contributed by atoms with Crippen molar-refractivity contribution < 1.29 is 23.7 Å². The lowest BCUT2D eigenvalue weighted by Crippen LogP contribution is -2.53. The van der Waals surface area contributed by atoms with Crippen LogP contribution in [-0.4, -0.2) is 53.9 Å². The van der Waals surface area contributed by atoms with Gasteiger partial charge in [0.1, 0.15) is 18.3 Å². The van der Waals surface area contributed by atoms with E-state index >= 15 is 0 Å². The molecule has 7 nitrogen and oxygen atoms in total. The molecule has 0 unspecified atom stereocenters. The van der Waals surface area contributed by atoms with Crippen LogP contribution >= 0.6 is 12.2 Å². The predicted octanol–water partition coefficient (Wildman–Crippen LogP) is 2.90. The van der Waals surface area contributed by atoms with Crippen molar-refractivity contribution in [3.8, 4) is 0 Å². The van der Waals surface area contributed by atoms with Gasteiger partial charge in [0.05, 0.1) is 12.6 Å². The van der Waals surface area contributed by atoms with Gasteiger partial charge in [0.2, 0.25) is 0 Å². The van der Waals surface area contributed by atoms with Crippen LogP contribution in [0.5, 0.6) is 0 Å². The molecule has 0 amide bonds. The summed E-state index contributed by atoms with van der Waals surface area (Å²) in [6.07, 6.45) is 2.94. The molecule has 1 aromatic rings. The summed E-state index contributed by atoms with van der Waals surface area (Å²) in [4.78, 5) is 0. The van der Waals surface area contributed by atoms with Crippen molar-refractivity contribution in [2.24, 2.45) is 0 Å². The molecule has 1 aliphatic carbocycles. The molecule has 1 saturated carbocycles. The highest BCUT2D eigenvalue weighted by atomic mass is 32.1. The van der Waals surface area contributed by atoms with E-state index in [1.807, 2.05) is 44.2 Å². The van der Waals surface area contributed by atoms with Gasteiger partial charge >= 0.3 is 0 Å². The molecule has 3 saturated heterocycles. The molecule has 3 heterocycles. The molecule has 5 rings (SSSR count). The van der Waals surface area contributed by atoms with Gasteiger partial charge in [-0.25, -0.2) is 0 Å². The first-order valence-corrected chi connectivity index (χ1v) is 10.8. The quantitative estimate of drug-likeness (QED) is 0.724. The van der Waals surface area contributed by atoms with Gasteiger partial charge in [-0.05, 0) is 51.0 Å². The molecule has 2 N–H and O–H groups in total. The van der Waals surface area contributed by atoms with Crippen LogP contribution in [0.15, 0.2) is 30.3 Å². The minimum atomic E-state index is -0.700. The smallest absolute Gasteiger partial charge is 0.189 e. The van der Waals surface area contributed by atoms with Crippen LogP contribution in [0.25, 0.3) is 0 Å². The molecule has 158 valence electrons. The number of anilines is 1. The van der Waals surface area contributed by atoms with Crippen LogP contribution in [0.2, 0.25) is 0 Å². The van der Waals surface area contributed by atoms with Gasteiger partial charge in [0, 0.05) is 18.5 Å². The van der Waals surface area contributed by atoms with Gasteiger partial charge in [-0.15, -0.1) is 0 Å². The number of ether oxygens (including phenoxy) is 5. The van der Waals surface area contributed by atoms with E-state index in [4.69, 9.17) is 35.9 Å². The Hall–Kier alpha value is -1.29. The molecule has 29 heavy (non-hydrogen) atoms. The summed E-state index contributed by atoms with van der Waals surface area (Å²) in [5.41, 5.74) is 0.922. The fraction of sp³-hybridized carbons (Fsp3) is 0.667. The Morgan fingerprint density at radius 2 is 1.79 bits per heavy atom. The maximum absolute atomic E-state index is 6.38. The maximum atomic E-state index is 6.38. The van der Waals surface area contributed by atoms with Crippen LogP contribution < -0.4 is 10.6 Å². The van der Waals surface area contributed by atoms with Crippen molar-refractivity contribution in [3.63, 3.8) is 0 Å². The second-order valence-electron chi connectivity index (χ2n) is 8.64. The number of hydrogen-bond donors (Lipinski definition) is 2. The molecule has 0 bridgehead atoms. The lowest BCUT2D eigenvalue weighted by Gasteiger charge is -2.30. The average Bonchev–Trinajstić information content (AvgIpc) is 3.43. The Morgan fingerprint density at radius 1 is 1.03 bits per heavy atom. The normalized spacial score (nSPS) is 37.0. The molecule has 4 fully saturated rings. The Labute approximate surface area is 176 Å². The standard InChI is InChI=1S/C21H28N2O5S/c1-20(2)27-17-15(23-19(29)22-13-8-4-3-5-9-13)16(25-18(17)28-20)14-12-24-21(26-14)10-6-7-11-21/h3-5,8-9,14-18H,6-7,10-12H2,1-2H3,(H2,22,23,29)/t14-,15-,16-,17-,18-/m1/s1. The molecule has 1 aromatic carbocycles. The lowest BCUT2D eigenvalue weighted by atomic mass is 10.0. The number of benzene rings is 1. The first kappa shape index (κ1) is 19.7. The number of nitrogens with one attached hydrogen (secondary N) is 2. The minimum absolute atomic E-state index is 0.189. The highest BCUT2D eigenvalue weighted by Crippen LogP contribution is 2.44. The van der Waals surface area contributed by atoms with Crippen molar-refractivity contribution in [2.45, 2.75) is 81.7 Å². The third-order valence-corrected chi connectivity index (χ3v) is 6.25. The highest BCUT2D eigenvalue weighted by molar-refractivity contribution is 7.80. The summed E-state index contributed by atoms with van der Waals surface area (Å²) in [5.74, 6) is -1.14. The van der Waals surface area contributed by atoms with Crippen LogP contribution in [0, 0.1) is 0 Å². The lowest BCUT2D eigenvalue weighted by molar-refractivity contribution is -0.226. The topological polar surface area (TPSA) is 70.2 Å². The zero-order chi connectivity index (χ0) is 20.1. The van der Waals surface area contributed by atoms with Crippen molar-refractivity contribution in [1.82, 2.24) is 5.32 Å². The van der Waals surface area contributed by atoms with Gasteiger partial charge in [0.15, 0.2) is 23.0 Å². The number of rotatable bonds is 3. The van der Waals surface area contributed by atoms with E-state index in [1.165, 1.54) is 0 Å². The van der Waals surface area contributed by atoms with Gasteiger partial charge in [-0.2, -0.15) is 0 Å². The fourth-order valence-corrected chi connectivity index (χ4v) is 5.02. The summed E-state index contributed by atoms with van der Waals surface area (Å²) in [7, 11) is 0. The van der Waals surface area contributed by atoms with E-state index in [9.17, 15) is 0 Å². The molecule has 4 aliphatic rings. The molecule has 0 aromatic heterocycles. The molecule has 1 spiro atoms. The first-order chi connectivity index (χ1) is 13.9. The molecule has 5 atom stereocenters. The number of hydrogen-bond acceptors (Lipinski definition) is 6. The summed E-state index contributed by atoms with van der Waals surface area (Å²) in [6, 6.07) is 9.61. The number of fused-ring (bicyclic) bond motifs is 1. The van der Waals surface area contributed by atoms with E-state index in [2.05, 4.69) is 10.6 Å². The van der Waals surface area contributed by atoms with Crippen molar-refractivity contribution in [2.75, 3.05) is 11.9 Å². The second kappa shape index (κ2) is 7.44. The Morgan fingerprint density at radius 3 is 2.55 bits per heavy atom. The van der Waals surface area contributed by atoms with E-state index in [1.54, 1.807) is 0 Å². The van der Waals surface area contributed by atoms with E-state index in [0.717, 1.165) is 31.4 Å². The molecule has 0 radical (unpaired) electrons. The highest BCUT2D eigenvalue weighted by Gasteiger charge is 2.59. The van der Waals surface area contributed by atoms with Crippen LogP contribution in [0.1, 0.15) is 39.5 Å². The SMILES string of the molecule is CC1(C)O[C@H]2O[C@H]([C@H]3COC4(CCCC4)O3)[C@@H](NC(=S)Nc3ccccc3)[C@H]2O1. The van der Waals surface area contributed by atoms with Gasteiger partial charge in [-0.3, -0.25) is 0 Å². The first-order valence-electron chi connectivity index (χ1n) is 10.4. The van der Waals surface area contributed by atoms with Crippen LogP contribution in [0.3, 0.4) is 0 Å². The number of para-hydroxylation sites is 1. The van der Waals surface area contributed by atoms with E-state index in [0.29, 0.717) is 11.7 Å². The van der Waals surface area contributed by atoms with E-state index < -0.39 is 17.9 Å². The summed E-state index contributed by atoms with van der Waals surface area (Å²) >= 11 is 5.57. The summed E-state index contributed by atoms with van der Waals surface area (Å²) in [5, 5.41) is 7.14. The van der Waals surface area contributed by atoms with Crippen molar-refractivity contribution in [1.29, 1.82) is 0 Å². The van der Waals surface area contributed by atoms with Gasteiger partial charge < -0.3 is 34.3 Å². The van der Waals surface area contributed by atoms with Gasteiger partial charge in [-0.1, -0.05) is 18.2 Å². The summed E-state index contributed by atoms with van der Waals surface area (Å²) in [6.45, 7) is 4.29. The number of thiocarbonyl (C=S) groups is 1. The Kier molecular flexibility index (Phi) is 5.04. The summed E-state index contributed by atoms with van der Waals surface area (Å²) < 4.78 is 30.8. The molecule has 8 heteroatoms. The molecule has 3 aliphatic heterocycles. The zero-order valence-corrected chi connectivity index (χ0v) is 17.6. The predicted molar refractivity (Wildman–Crippen MR) is 110 cm³/mol. The fourth-order valence-electron chi connectivity index (χ4n) is 4.77. The van der Waals surface area contributed by atoms with Gasteiger partial charge in [0.25, 0.3) is 0 Å². The third-order valence-electron chi connectivity index (χ3n) is 6.03. The van der Waals surface area contributed by atoms with Crippen LogP contribution in [-0.2, 0) is 23.7 Å². The average molecular weight is 421 g/mol. The molecular formula is C21H28N2O5S. The van der Waals surface area contributed by atoms with E-state index in [-0.39, 0.29) is 24.4 Å². The Bertz CT molecular complexity index is 755. The van der Waals surface area contributed by atoms with Crippen molar-refractivity contribution in [3.05, 3.63) is 30.3 Å².